The minimum absolute atomic E-state index is 0.146. The molecule has 0 aliphatic rings. The average Bonchev–Trinajstić information content (AvgIpc) is 3.33. The molecular weight excluding hydrogens is 378 g/mol. The molecule has 0 aliphatic carbocycles. The van der Waals surface area contributed by atoms with Crippen molar-refractivity contribution >= 4 is 44.7 Å². The minimum Gasteiger partial charge on any atom is -0.298 e. The van der Waals surface area contributed by atoms with Crippen LogP contribution in [-0.4, -0.2) is 25.7 Å². The number of thiophene rings is 1. The zero-order valence-electron chi connectivity index (χ0n) is 15.5. The molecule has 8 heteroatoms. The standard InChI is InChI=1S/C19H19N5OS2/c1-10(2)24-17-14(9-21-24)13(18(25)23-19-20-8-12(4)27-19)7-15(22-17)16-6-5-11(3)26-16/h5-10H,1-4H3,(H,20,23,25). The van der Waals surface area contributed by atoms with Crippen molar-refractivity contribution in [2.45, 2.75) is 33.7 Å². The minimum atomic E-state index is -0.199. The van der Waals surface area contributed by atoms with Crippen molar-refractivity contribution in [1.82, 2.24) is 19.7 Å². The molecule has 0 fully saturated rings. The Kier molecular flexibility index (Phi) is 4.53. The van der Waals surface area contributed by atoms with Gasteiger partial charge in [0.05, 0.1) is 27.7 Å². The van der Waals surface area contributed by atoms with E-state index >= 15 is 0 Å². The molecule has 4 heterocycles. The number of carbonyl (C=O) groups is 1. The predicted octanol–water partition coefficient (Wildman–Crippen LogP) is 5.07. The van der Waals surface area contributed by atoms with E-state index in [1.165, 1.54) is 16.2 Å². The smallest absolute Gasteiger partial charge is 0.258 e. The zero-order chi connectivity index (χ0) is 19.1. The number of nitrogens with zero attached hydrogens (tertiary/aromatic N) is 4. The van der Waals surface area contributed by atoms with Crippen LogP contribution in [0.3, 0.4) is 0 Å². The summed E-state index contributed by atoms with van der Waals surface area (Å²) >= 11 is 3.11. The van der Waals surface area contributed by atoms with Crippen LogP contribution in [0.25, 0.3) is 21.6 Å². The first-order valence-corrected chi connectivity index (χ1v) is 10.2. The molecule has 0 bridgehead atoms. The number of hydrogen-bond acceptors (Lipinski definition) is 6. The summed E-state index contributed by atoms with van der Waals surface area (Å²) in [5, 5.41) is 8.69. The number of hydrogen-bond donors (Lipinski definition) is 1. The number of nitrogens with one attached hydrogen (secondary N) is 1. The third kappa shape index (κ3) is 3.38. The van der Waals surface area contributed by atoms with Gasteiger partial charge in [-0.1, -0.05) is 0 Å². The van der Waals surface area contributed by atoms with Gasteiger partial charge in [-0.2, -0.15) is 5.10 Å². The van der Waals surface area contributed by atoms with Gasteiger partial charge in [-0.25, -0.2) is 14.6 Å². The third-order valence-electron chi connectivity index (χ3n) is 4.14. The van der Waals surface area contributed by atoms with Gasteiger partial charge in [-0.05, 0) is 45.9 Å². The molecule has 27 heavy (non-hydrogen) atoms. The highest BCUT2D eigenvalue weighted by Crippen LogP contribution is 2.31. The topological polar surface area (TPSA) is 72.7 Å². The van der Waals surface area contributed by atoms with Gasteiger partial charge < -0.3 is 0 Å². The van der Waals surface area contributed by atoms with Gasteiger partial charge in [-0.3, -0.25) is 10.1 Å². The van der Waals surface area contributed by atoms with Crippen molar-refractivity contribution in [2.24, 2.45) is 0 Å². The van der Waals surface area contributed by atoms with Crippen LogP contribution in [-0.2, 0) is 0 Å². The van der Waals surface area contributed by atoms with E-state index in [0.29, 0.717) is 16.3 Å². The van der Waals surface area contributed by atoms with Crippen LogP contribution < -0.4 is 5.32 Å². The maximum atomic E-state index is 13.0. The molecule has 4 rings (SSSR count). The monoisotopic (exact) mass is 397 g/mol. The van der Waals surface area contributed by atoms with Crippen molar-refractivity contribution < 1.29 is 4.79 Å². The van der Waals surface area contributed by atoms with E-state index < -0.39 is 0 Å². The largest absolute Gasteiger partial charge is 0.298 e. The molecule has 4 aromatic rings. The maximum Gasteiger partial charge on any atom is 0.258 e. The SMILES string of the molecule is Cc1ccc(-c2cc(C(=O)Nc3ncc(C)s3)c3cnn(C(C)C)c3n2)s1. The molecule has 0 spiro atoms. The molecule has 0 unspecified atom stereocenters. The first kappa shape index (κ1) is 17.8. The van der Waals surface area contributed by atoms with Crippen molar-refractivity contribution in [3.63, 3.8) is 0 Å². The summed E-state index contributed by atoms with van der Waals surface area (Å²) in [5.74, 6) is -0.199. The Hall–Kier alpha value is -2.58. The van der Waals surface area contributed by atoms with E-state index in [1.807, 2.05) is 37.6 Å². The van der Waals surface area contributed by atoms with E-state index in [-0.39, 0.29) is 11.9 Å². The van der Waals surface area contributed by atoms with Crippen LogP contribution in [0.15, 0.2) is 30.6 Å². The molecule has 0 radical (unpaired) electrons. The highest BCUT2D eigenvalue weighted by atomic mass is 32.1. The van der Waals surface area contributed by atoms with Gasteiger partial charge in [0.25, 0.3) is 5.91 Å². The summed E-state index contributed by atoms with van der Waals surface area (Å²) in [7, 11) is 0. The molecule has 0 saturated carbocycles. The van der Waals surface area contributed by atoms with Crippen LogP contribution in [0.5, 0.6) is 0 Å². The molecule has 1 N–H and O–H groups in total. The van der Waals surface area contributed by atoms with E-state index in [4.69, 9.17) is 4.98 Å². The molecule has 0 aromatic carbocycles. The lowest BCUT2D eigenvalue weighted by atomic mass is 10.1. The van der Waals surface area contributed by atoms with Crippen molar-refractivity contribution in [1.29, 1.82) is 0 Å². The van der Waals surface area contributed by atoms with Crippen molar-refractivity contribution in [2.75, 3.05) is 5.32 Å². The van der Waals surface area contributed by atoms with Crippen LogP contribution in [0, 0.1) is 13.8 Å². The molecule has 0 aliphatic heterocycles. The number of aryl methyl sites for hydroxylation is 2. The van der Waals surface area contributed by atoms with Crippen molar-refractivity contribution in [3.8, 4) is 10.6 Å². The predicted molar refractivity (Wildman–Crippen MR) is 111 cm³/mol. The number of thiazole rings is 1. The zero-order valence-corrected chi connectivity index (χ0v) is 17.1. The quantitative estimate of drug-likeness (QED) is 0.522. The molecule has 0 saturated heterocycles. The highest BCUT2D eigenvalue weighted by Gasteiger charge is 2.19. The van der Waals surface area contributed by atoms with Crippen LogP contribution in [0.2, 0.25) is 0 Å². The number of aromatic nitrogens is 4. The first-order valence-electron chi connectivity index (χ1n) is 8.61. The number of anilines is 1. The molecule has 138 valence electrons. The first-order chi connectivity index (χ1) is 12.9. The molecule has 0 atom stereocenters. The Labute approximate surface area is 164 Å². The fourth-order valence-corrected chi connectivity index (χ4v) is 4.35. The average molecular weight is 398 g/mol. The summed E-state index contributed by atoms with van der Waals surface area (Å²) in [6, 6.07) is 6.09. The number of amides is 1. The fraction of sp³-hybridized carbons (Fsp3) is 0.263. The summed E-state index contributed by atoms with van der Waals surface area (Å²) in [6.07, 6.45) is 3.47. The van der Waals surface area contributed by atoms with Gasteiger partial charge in [-0.15, -0.1) is 22.7 Å². The van der Waals surface area contributed by atoms with Gasteiger partial charge in [0.2, 0.25) is 0 Å². The second-order valence-electron chi connectivity index (χ2n) is 6.62. The lowest BCUT2D eigenvalue weighted by molar-refractivity contribution is 0.102. The second-order valence-corrected chi connectivity index (χ2v) is 9.14. The summed E-state index contributed by atoms with van der Waals surface area (Å²) in [5.41, 5.74) is 2.05. The van der Waals surface area contributed by atoms with E-state index in [1.54, 1.807) is 23.7 Å². The van der Waals surface area contributed by atoms with Crippen LogP contribution in [0.4, 0.5) is 5.13 Å². The van der Waals surface area contributed by atoms with Gasteiger partial charge in [0, 0.05) is 22.0 Å². The molecule has 4 aromatic heterocycles. The lowest BCUT2D eigenvalue weighted by Gasteiger charge is -2.09. The molecule has 6 nitrogen and oxygen atoms in total. The summed E-state index contributed by atoms with van der Waals surface area (Å²) < 4.78 is 1.85. The Bertz CT molecular complexity index is 1140. The maximum absolute atomic E-state index is 13.0. The highest BCUT2D eigenvalue weighted by molar-refractivity contribution is 7.15. The number of fused-ring (bicyclic) bond motifs is 1. The normalized spacial score (nSPS) is 11.4. The fourth-order valence-electron chi connectivity index (χ4n) is 2.86. The Morgan fingerprint density at radius 1 is 1.15 bits per heavy atom. The van der Waals surface area contributed by atoms with Gasteiger partial charge in [0.1, 0.15) is 0 Å². The van der Waals surface area contributed by atoms with Crippen LogP contribution >= 0.6 is 22.7 Å². The van der Waals surface area contributed by atoms with Gasteiger partial charge in [0.15, 0.2) is 10.8 Å². The molecule has 1 amide bonds. The van der Waals surface area contributed by atoms with E-state index in [2.05, 4.69) is 28.4 Å². The Morgan fingerprint density at radius 2 is 1.96 bits per heavy atom. The summed E-state index contributed by atoms with van der Waals surface area (Å²) in [4.78, 5) is 25.3. The second kappa shape index (κ2) is 6.86. The van der Waals surface area contributed by atoms with Crippen LogP contribution in [0.1, 0.15) is 40.0 Å². The Morgan fingerprint density at radius 3 is 2.59 bits per heavy atom. The number of rotatable bonds is 4. The van der Waals surface area contributed by atoms with Crippen molar-refractivity contribution in [3.05, 3.63) is 45.9 Å². The lowest BCUT2D eigenvalue weighted by Crippen LogP contribution is -2.13. The Balaban J connectivity index is 1.85. The van der Waals surface area contributed by atoms with Gasteiger partial charge >= 0.3 is 0 Å². The summed E-state index contributed by atoms with van der Waals surface area (Å²) in [6.45, 7) is 8.12. The number of carbonyl (C=O) groups excluding carboxylic acids is 1. The number of pyridine rings is 1. The molecular formula is C19H19N5OS2. The van der Waals surface area contributed by atoms with E-state index in [9.17, 15) is 4.79 Å². The third-order valence-corrected chi connectivity index (χ3v) is 5.99. The van der Waals surface area contributed by atoms with E-state index in [0.717, 1.165) is 20.8 Å².